The minimum atomic E-state index is -0.115. The summed E-state index contributed by atoms with van der Waals surface area (Å²) >= 11 is 0. The Morgan fingerprint density at radius 3 is 3.08 bits per heavy atom. The molecule has 0 amide bonds. The van der Waals surface area contributed by atoms with Gasteiger partial charge in [0, 0.05) is 26.1 Å². The molecule has 1 rings (SSSR count). The van der Waals surface area contributed by atoms with E-state index in [9.17, 15) is 4.79 Å². The van der Waals surface area contributed by atoms with Crippen LogP contribution >= 0.6 is 0 Å². The van der Waals surface area contributed by atoms with Crippen molar-refractivity contribution in [1.82, 2.24) is 10.4 Å². The highest BCUT2D eigenvalue weighted by Crippen LogP contribution is 2.04. The molecule has 0 radical (unpaired) electrons. The van der Waals surface area contributed by atoms with Gasteiger partial charge in [-0.05, 0) is 13.3 Å². The van der Waals surface area contributed by atoms with Gasteiger partial charge in [-0.3, -0.25) is 4.79 Å². The number of carbonyl (C=O) groups excluding carboxylic acids is 1. The van der Waals surface area contributed by atoms with E-state index in [2.05, 4.69) is 5.32 Å². The van der Waals surface area contributed by atoms with Crippen LogP contribution in [0.1, 0.15) is 26.7 Å². The SMILES string of the molecule is CCCC(=O)ON1CCNCC1C. The Bertz CT molecular complexity index is 173. The lowest BCUT2D eigenvalue weighted by atomic mass is 10.3. The maximum Gasteiger partial charge on any atom is 0.325 e. The Kier molecular flexibility index (Phi) is 4.18. The average Bonchev–Trinajstić information content (AvgIpc) is 2.09. The molecule has 1 atom stereocenters. The van der Waals surface area contributed by atoms with E-state index in [1.54, 1.807) is 5.06 Å². The van der Waals surface area contributed by atoms with E-state index < -0.39 is 0 Å². The Morgan fingerprint density at radius 1 is 1.69 bits per heavy atom. The quantitative estimate of drug-likeness (QED) is 0.698. The molecule has 0 saturated carbocycles. The molecule has 1 N–H and O–H groups in total. The summed E-state index contributed by atoms with van der Waals surface area (Å²) in [6, 6.07) is 0.287. The van der Waals surface area contributed by atoms with Gasteiger partial charge in [-0.2, -0.15) is 0 Å². The van der Waals surface area contributed by atoms with Crippen LogP contribution in [-0.4, -0.2) is 36.7 Å². The molecular formula is C9H18N2O2. The van der Waals surface area contributed by atoms with Crippen LogP contribution in [0.2, 0.25) is 0 Å². The fraction of sp³-hybridized carbons (Fsp3) is 0.889. The molecule has 1 saturated heterocycles. The first-order valence-electron chi connectivity index (χ1n) is 4.92. The van der Waals surface area contributed by atoms with Crippen molar-refractivity contribution < 1.29 is 9.63 Å². The minimum Gasteiger partial charge on any atom is -0.368 e. The van der Waals surface area contributed by atoms with Crippen LogP contribution in [0.4, 0.5) is 0 Å². The maximum absolute atomic E-state index is 11.2. The van der Waals surface area contributed by atoms with Gasteiger partial charge >= 0.3 is 5.97 Å². The summed E-state index contributed by atoms with van der Waals surface area (Å²) in [4.78, 5) is 16.4. The summed E-state index contributed by atoms with van der Waals surface area (Å²) in [5.74, 6) is -0.115. The molecule has 0 aliphatic carbocycles. The molecule has 0 aromatic heterocycles. The third-order valence-corrected chi connectivity index (χ3v) is 2.11. The topological polar surface area (TPSA) is 41.6 Å². The molecule has 1 aliphatic rings. The molecule has 76 valence electrons. The van der Waals surface area contributed by atoms with Crippen molar-refractivity contribution in [1.29, 1.82) is 0 Å². The second kappa shape index (κ2) is 5.19. The van der Waals surface area contributed by atoms with Crippen LogP contribution in [0.5, 0.6) is 0 Å². The summed E-state index contributed by atoms with van der Waals surface area (Å²) < 4.78 is 0. The third-order valence-electron chi connectivity index (χ3n) is 2.11. The van der Waals surface area contributed by atoms with Crippen LogP contribution < -0.4 is 5.32 Å². The highest BCUT2D eigenvalue weighted by molar-refractivity contribution is 5.68. The smallest absolute Gasteiger partial charge is 0.325 e. The first-order chi connectivity index (χ1) is 6.24. The second-order valence-electron chi connectivity index (χ2n) is 3.41. The molecule has 1 aliphatic heterocycles. The Labute approximate surface area is 79.2 Å². The number of nitrogens with zero attached hydrogens (tertiary/aromatic N) is 1. The standard InChI is InChI=1S/C9H18N2O2/c1-3-4-9(12)13-11-6-5-10-7-8(11)2/h8,10H,3-7H2,1-2H3. The van der Waals surface area contributed by atoms with Crippen molar-refractivity contribution in [3.05, 3.63) is 0 Å². The molecular weight excluding hydrogens is 168 g/mol. The predicted molar refractivity (Wildman–Crippen MR) is 50.0 cm³/mol. The van der Waals surface area contributed by atoms with E-state index >= 15 is 0 Å². The van der Waals surface area contributed by atoms with Crippen molar-refractivity contribution in [2.45, 2.75) is 32.7 Å². The van der Waals surface area contributed by atoms with Gasteiger partial charge in [0.2, 0.25) is 0 Å². The summed E-state index contributed by atoms with van der Waals surface area (Å²) in [5, 5.41) is 5.01. The normalized spacial score (nSPS) is 24.3. The van der Waals surface area contributed by atoms with Gasteiger partial charge < -0.3 is 10.2 Å². The molecule has 4 nitrogen and oxygen atoms in total. The number of nitrogens with one attached hydrogen (secondary N) is 1. The minimum absolute atomic E-state index is 0.115. The fourth-order valence-electron chi connectivity index (χ4n) is 1.34. The highest BCUT2D eigenvalue weighted by Gasteiger charge is 2.21. The van der Waals surface area contributed by atoms with Crippen molar-refractivity contribution in [3.63, 3.8) is 0 Å². The van der Waals surface area contributed by atoms with Gasteiger partial charge in [0.1, 0.15) is 0 Å². The van der Waals surface area contributed by atoms with Gasteiger partial charge in [-0.15, -0.1) is 5.06 Å². The fourth-order valence-corrected chi connectivity index (χ4v) is 1.34. The Morgan fingerprint density at radius 2 is 2.46 bits per heavy atom. The Hall–Kier alpha value is -0.610. The number of hydrogen-bond acceptors (Lipinski definition) is 4. The lowest BCUT2D eigenvalue weighted by molar-refractivity contribution is -0.203. The van der Waals surface area contributed by atoms with E-state index in [-0.39, 0.29) is 12.0 Å². The molecule has 1 unspecified atom stereocenters. The Balaban J connectivity index is 2.29. The number of carbonyl (C=O) groups is 1. The van der Waals surface area contributed by atoms with Crippen LogP contribution in [0.3, 0.4) is 0 Å². The van der Waals surface area contributed by atoms with E-state index in [0.717, 1.165) is 26.1 Å². The van der Waals surface area contributed by atoms with E-state index in [0.29, 0.717) is 6.42 Å². The molecule has 0 spiro atoms. The predicted octanol–water partition coefficient (Wildman–Crippen LogP) is 0.538. The first-order valence-corrected chi connectivity index (χ1v) is 4.92. The van der Waals surface area contributed by atoms with E-state index in [4.69, 9.17) is 4.84 Å². The van der Waals surface area contributed by atoms with Crippen molar-refractivity contribution in [2.75, 3.05) is 19.6 Å². The molecule has 4 heteroatoms. The van der Waals surface area contributed by atoms with Gasteiger partial charge in [0.25, 0.3) is 0 Å². The van der Waals surface area contributed by atoms with E-state index in [1.807, 2.05) is 13.8 Å². The summed E-state index contributed by atoms with van der Waals surface area (Å²) in [5.41, 5.74) is 0. The van der Waals surface area contributed by atoms with Crippen LogP contribution in [0, 0.1) is 0 Å². The lowest BCUT2D eigenvalue weighted by Crippen LogP contribution is -2.50. The van der Waals surface area contributed by atoms with Crippen molar-refractivity contribution >= 4 is 5.97 Å². The lowest BCUT2D eigenvalue weighted by Gasteiger charge is -2.31. The number of hydroxylamine groups is 2. The summed E-state index contributed by atoms with van der Waals surface area (Å²) in [6.07, 6.45) is 1.36. The zero-order valence-electron chi connectivity index (χ0n) is 8.38. The molecule has 13 heavy (non-hydrogen) atoms. The highest BCUT2D eigenvalue weighted by atomic mass is 16.7. The van der Waals surface area contributed by atoms with E-state index in [1.165, 1.54) is 0 Å². The molecule has 0 aromatic carbocycles. The number of hydrogen-bond donors (Lipinski definition) is 1. The van der Waals surface area contributed by atoms with Crippen molar-refractivity contribution in [2.24, 2.45) is 0 Å². The number of rotatable bonds is 3. The molecule has 1 fully saturated rings. The van der Waals surface area contributed by atoms with Crippen molar-refractivity contribution in [3.8, 4) is 0 Å². The first kappa shape index (κ1) is 10.5. The summed E-state index contributed by atoms with van der Waals surface area (Å²) in [7, 11) is 0. The monoisotopic (exact) mass is 186 g/mol. The molecule has 0 aromatic rings. The molecule has 0 bridgehead atoms. The van der Waals surface area contributed by atoms with Crippen LogP contribution in [-0.2, 0) is 9.63 Å². The van der Waals surface area contributed by atoms with Gasteiger partial charge in [0.05, 0.1) is 6.04 Å². The van der Waals surface area contributed by atoms with Crippen LogP contribution in [0.15, 0.2) is 0 Å². The largest absolute Gasteiger partial charge is 0.368 e. The number of piperazine rings is 1. The average molecular weight is 186 g/mol. The second-order valence-corrected chi connectivity index (χ2v) is 3.41. The van der Waals surface area contributed by atoms with Gasteiger partial charge in [-0.1, -0.05) is 6.92 Å². The van der Waals surface area contributed by atoms with Crippen LogP contribution in [0.25, 0.3) is 0 Å². The zero-order valence-corrected chi connectivity index (χ0v) is 8.38. The van der Waals surface area contributed by atoms with Gasteiger partial charge in [0.15, 0.2) is 0 Å². The molecule has 1 heterocycles. The zero-order chi connectivity index (χ0) is 9.68. The van der Waals surface area contributed by atoms with Gasteiger partial charge in [-0.25, -0.2) is 0 Å². The summed E-state index contributed by atoms with van der Waals surface area (Å²) in [6.45, 7) is 6.59. The maximum atomic E-state index is 11.2. The third kappa shape index (κ3) is 3.32.